The summed E-state index contributed by atoms with van der Waals surface area (Å²) in [5.41, 5.74) is 3.41. The number of aromatic nitrogens is 1. The second-order valence-corrected chi connectivity index (χ2v) is 7.68. The monoisotopic (exact) mass is 339 g/mol. The molecule has 0 saturated carbocycles. The van der Waals surface area contributed by atoms with Crippen LogP contribution in [0, 0.1) is 19.3 Å². The third-order valence-electron chi connectivity index (χ3n) is 5.70. The van der Waals surface area contributed by atoms with Crippen LogP contribution in [-0.4, -0.2) is 40.5 Å². The Kier molecular flexibility index (Phi) is 4.12. The molecule has 1 atom stereocenters. The molecule has 0 unspecified atom stereocenters. The van der Waals surface area contributed by atoms with Crippen LogP contribution < -0.4 is 0 Å². The molecule has 1 amide bonds. The molecule has 0 aliphatic carbocycles. The quantitative estimate of drug-likeness (QED) is 0.859. The molecular weight excluding hydrogens is 314 g/mol. The van der Waals surface area contributed by atoms with E-state index in [0.29, 0.717) is 13.0 Å². The van der Waals surface area contributed by atoms with Crippen molar-refractivity contribution in [2.45, 2.75) is 39.8 Å². The van der Waals surface area contributed by atoms with Crippen LogP contribution >= 0.6 is 0 Å². The Hall–Kier alpha value is -2.14. The summed E-state index contributed by atoms with van der Waals surface area (Å²) in [5.74, 6) is 1.09. The van der Waals surface area contributed by atoms with E-state index < -0.39 is 0 Å². The van der Waals surface area contributed by atoms with Gasteiger partial charge < -0.3 is 9.42 Å². The van der Waals surface area contributed by atoms with Gasteiger partial charge in [-0.2, -0.15) is 0 Å². The summed E-state index contributed by atoms with van der Waals surface area (Å²) in [5, 5.41) is 4.01. The first-order valence-electron chi connectivity index (χ1n) is 9.00. The number of hydrogen-bond acceptors (Lipinski definition) is 4. The third-order valence-corrected chi connectivity index (χ3v) is 5.70. The molecule has 132 valence electrons. The number of amides is 1. The molecule has 0 radical (unpaired) electrons. The van der Waals surface area contributed by atoms with Crippen molar-refractivity contribution < 1.29 is 9.32 Å². The van der Waals surface area contributed by atoms with Crippen molar-refractivity contribution in [3.05, 3.63) is 52.9 Å². The molecule has 3 heterocycles. The lowest BCUT2D eigenvalue weighted by molar-refractivity contribution is -0.128. The number of hydrogen-bond donors (Lipinski definition) is 0. The van der Waals surface area contributed by atoms with Gasteiger partial charge in [0.25, 0.3) is 0 Å². The predicted octanol–water partition coefficient (Wildman–Crippen LogP) is 2.92. The average molecular weight is 339 g/mol. The highest BCUT2D eigenvalue weighted by molar-refractivity contribution is 5.79. The van der Waals surface area contributed by atoms with Crippen molar-refractivity contribution in [2.24, 2.45) is 5.41 Å². The van der Waals surface area contributed by atoms with Crippen molar-refractivity contribution in [3.63, 3.8) is 0 Å². The van der Waals surface area contributed by atoms with E-state index in [4.69, 9.17) is 4.52 Å². The lowest BCUT2D eigenvalue weighted by Gasteiger charge is -2.24. The van der Waals surface area contributed by atoms with E-state index in [1.807, 2.05) is 18.7 Å². The molecule has 1 aromatic carbocycles. The molecule has 0 bridgehead atoms. The summed E-state index contributed by atoms with van der Waals surface area (Å²) in [6.45, 7) is 8.39. The smallest absolute Gasteiger partial charge is 0.223 e. The minimum absolute atomic E-state index is 0.116. The summed E-state index contributed by atoms with van der Waals surface area (Å²) in [4.78, 5) is 17.1. The topological polar surface area (TPSA) is 49.6 Å². The summed E-state index contributed by atoms with van der Waals surface area (Å²) < 4.78 is 5.25. The Morgan fingerprint density at radius 1 is 1.16 bits per heavy atom. The Morgan fingerprint density at radius 3 is 2.68 bits per heavy atom. The highest BCUT2D eigenvalue weighted by Gasteiger charge is 2.47. The van der Waals surface area contributed by atoms with Crippen LogP contribution in [-0.2, 0) is 17.9 Å². The van der Waals surface area contributed by atoms with Crippen molar-refractivity contribution >= 4 is 5.91 Å². The first kappa shape index (κ1) is 16.3. The predicted molar refractivity (Wildman–Crippen MR) is 94.8 cm³/mol. The zero-order chi connectivity index (χ0) is 17.4. The summed E-state index contributed by atoms with van der Waals surface area (Å²) in [6, 6.07) is 10.6. The fourth-order valence-electron chi connectivity index (χ4n) is 4.32. The average Bonchev–Trinajstić information content (AvgIpc) is 3.23. The first-order chi connectivity index (χ1) is 12.0. The number of rotatable bonds is 4. The standard InChI is InChI=1S/C20H25N3O2/c1-15-18(16(2)25-21-15)12-23-14-20(10-19(23)24)8-9-22(13-20)11-17-6-4-3-5-7-17/h3-7H,8-14H2,1-2H3/t20-/m0/s1. The number of benzene rings is 1. The number of carbonyl (C=O) groups excluding carboxylic acids is 1. The van der Waals surface area contributed by atoms with Crippen LogP contribution in [0.3, 0.4) is 0 Å². The normalized spacial score (nSPS) is 23.9. The van der Waals surface area contributed by atoms with Crippen LogP contribution in [0.2, 0.25) is 0 Å². The van der Waals surface area contributed by atoms with Gasteiger partial charge in [0.2, 0.25) is 5.91 Å². The lowest BCUT2D eigenvalue weighted by atomic mass is 9.86. The highest BCUT2D eigenvalue weighted by atomic mass is 16.5. The van der Waals surface area contributed by atoms with Gasteiger partial charge in [0, 0.05) is 37.0 Å². The van der Waals surface area contributed by atoms with Gasteiger partial charge in [0.1, 0.15) is 5.76 Å². The Bertz CT molecular complexity index is 751. The van der Waals surface area contributed by atoms with Gasteiger partial charge in [-0.05, 0) is 32.4 Å². The van der Waals surface area contributed by atoms with E-state index in [1.54, 1.807) is 0 Å². The van der Waals surface area contributed by atoms with Gasteiger partial charge in [-0.3, -0.25) is 9.69 Å². The molecule has 5 heteroatoms. The molecule has 5 nitrogen and oxygen atoms in total. The van der Waals surface area contributed by atoms with Crippen LogP contribution in [0.1, 0.15) is 35.4 Å². The Morgan fingerprint density at radius 2 is 1.96 bits per heavy atom. The molecule has 25 heavy (non-hydrogen) atoms. The molecule has 1 aromatic heterocycles. The first-order valence-corrected chi connectivity index (χ1v) is 9.00. The molecule has 2 aliphatic rings. The van der Waals surface area contributed by atoms with Crippen molar-refractivity contribution in [2.75, 3.05) is 19.6 Å². The van der Waals surface area contributed by atoms with Gasteiger partial charge in [-0.1, -0.05) is 35.5 Å². The number of likely N-dealkylation sites (tertiary alicyclic amines) is 2. The summed E-state index contributed by atoms with van der Waals surface area (Å²) in [7, 11) is 0. The van der Waals surface area contributed by atoms with E-state index in [0.717, 1.165) is 49.6 Å². The van der Waals surface area contributed by atoms with Gasteiger partial charge in [0.05, 0.1) is 12.2 Å². The van der Waals surface area contributed by atoms with E-state index >= 15 is 0 Å². The van der Waals surface area contributed by atoms with Gasteiger partial charge in [-0.15, -0.1) is 0 Å². The zero-order valence-corrected chi connectivity index (χ0v) is 15.0. The third kappa shape index (κ3) is 3.21. The molecule has 2 fully saturated rings. The van der Waals surface area contributed by atoms with E-state index in [2.05, 4.69) is 40.4 Å². The maximum Gasteiger partial charge on any atom is 0.223 e. The van der Waals surface area contributed by atoms with Crippen LogP contribution in [0.4, 0.5) is 0 Å². The molecule has 1 spiro atoms. The maximum absolute atomic E-state index is 12.6. The largest absolute Gasteiger partial charge is 0.361 e. The highest BCUT2D eigenvalue weighted by Crippen LogP contribution is 2.41. The molecule has 4 rings (SSSR count). The van der Waals surface area contributed by atoms with E-state index in [-0.39, 0.29) is 11.3 Å². The number of carbonyl (C=O) groups is 1. The van der Waals surface area contributed by atoms with Crippen LogP contribution in [0.15, 0.2) is 34.9 Å². The second kappa shape index (κ2) is 6.30. The molecule has 2 aliphatic heterocycles. The van der Waals surface area contributed by atoms with Crippen LogP contribution in [0.25, 0.3) is 0 Å². The minimum Gasteiger partial charge on any atom is -0.361 e. The number of nitrogens with zero attached hydrogens (tertiary/aromatic N) is 3. The SMILES string of the molecule is Cc1noc(C)c1CN1C[C@@]2(CCN(Cc3ccccc3)C2)CC1=O. The Labute approximate surface area is 148 Å². The van der Waals surface area contributed by atoms with Gasteiger partial charge in [-0.25, -0.2) is 0 Å². The van der Waals surface area contributed by atoms with E-state index in [9.17, 15) is 4.79 Å². The fraction of sp³-hybridized carbons (Fsp3) is 0.500. The van der Waals surface area contributed by atoms with E-state index in [1.165, 1.54) is 5.56 Å². The molecule has 2 aromatic rings. The van der Waals surface area contributed by atoms with Crippen molar-refractivity contribution in [1.29, 1.82) is 0 Å². The summed E-state index contributed by atoms with van der Waals surface area (Å²) >= 11 is 0. The zero-order valence-electron chi connectivity index (χ0n) is 15.0. The second-order valence-electron chi connectivity index (χ2n) is 7.68. The fourth-order valence-corrected chi connectivity index (χ4v) is 4.32. The number of aryl methyl sites for hydroxylation is 2. The molecular formula is C20H25N3O2. The molecule has 0 N–H and O–H groups in total. The van der Waals surface area contributed by atoms with Crippen molar-refractivity contribution in [1.82, 2.24) is 15.0 Å². The van der Waals surface area contributed by atoms with Gasteiger partial charge >= 0.3 is 0 Å². The van der Waals surface area contributed by atoms with Gasteiger partial charge in [0.15, 0.2) is 0 Å². The lowest BCUT2D eigenvalue weighted by Crippen LogP contribution is -2.31. The molecule has 2 saturated heterocycles. The maximum atomic E-state index is 12.6. The van der Waals surface area contributed by atoms with Crippen molar-refractivity contribution in [3.8, 4) is 0 Å². The van der Waals surface area contributed by atoms with Crippen LogP contribution in [0.5, 0.6) is 0 Å². The minimum atomic E-state index is 0.116. The summed E-state index contributed by atoms with van der Waals surface area (Å²) in [6.07, 6.45) is 1.77. The Balaban J connectivity index is 1.42.